The maximum Gasteiger partial charge on any atom is 0.133 e. The Morgan fingerprint density at radius 1 is 1.33 bits per heavy atom. The van der Waals surface area contributed by atoms with Gasteiger partial charge in [-0.05, 0) is 44.4 Å². The maximum atomic E-state index is 5.14. The topological polar surface area (TPSA) is 37.4 Å². The van der Waals surface area contributed by atoms with Gasteiger partial charge in [0.15, 0.2) is 0 Å². The Bertz CT molecular complexity index is 432. The van der Waals surface area contributed by atoms with Crippen LogP contribution in [0.1, 0.15) is 37.1 Å². The standard InChI is InChI=1S/C17H31N3O/c1-13(2)11-18-12-16-14(3)10-15(4)19-17(16)20(5)8-7-9-21-6/h10,13,18H,7-9,11-12H2,1-6H3. The summed E-state index contributed by atoms with van der Waals surface area (Å²) in [6.45, 7) is 12.3. The molecule has 0 aliphatic heterocycles. The molecule has 120 valence electrons. The molecule has 1 rings (SSSR count). The molecule has 1 heterocycles. The summed E-state index contributed by atoms with van der Waals surface area (Å²) >= 11 is 0. The molecule has 0 amide bonds. The lowest BCUT2D eigenvalue weighted by atomic mass is 10.1. The first-order valence-corrected chi connectivity index (χ1v) is 7.83. The van der Waals surface area contributed by atoms with Crippen LogP contribution in [-0.2, 0) is 11.3 Å². The molecule has 0 unspecified atom stereocenters. The molecule has 0 fully saturated rings. The molecule has 1 aromatic rings. The zero-order chi connectivity index (χ0) is 15.8. The highest BCUT2D eigenvalue weighted by Gasteiger charge is 2.12. The van der Waals surface area contributed by atoms with Gasteiger partial charge in [-0.3, -0.25) is 0 Å². The summed E-state index contributed by atoms with van der Waals surface area (Å²) in [6.07, 6.45) is 1.01. The van der Waals surface area contributed by atoms with Crippen LogP contribution in [0.3, 0.4) is 0 Å². The van der Waals surface area contributed by atoms with Crippen molar-refractivity contribution >= 4 is 5.82 Å². The van der Waals surface area contributed by atoms with Gasteiger partial charge < -0.3 is 15.0 Å². The van der Waals surface area contributed by atoms with E-state index in [9.17, 15) is 0 Å². The zero-order valence-corrected chi connectivity index (χ0v) is 14.5. The summed E-state index contributed by atoms with van der Waals surface area (Å²) in [5.74, 6) is 1.76. The quantitative estimate of drug-likeness (QED) is 0.710. The highest BCUT2D eigenvalue weighted by Crippen LogP contribution is 2.22. The summed E-state index contributed by atoms with van der Waals surface area (Å²) < 4.78 is 5.14. The van der Waals surface area contributed by atoms with Crippen molar-refractivity contribution in [3.8, 4) is 0 Å². The monoisotopic (exact) mass is 293 g/mol. The van der Waals surface area contributed by atoms with E-state index in [0.29, 0.717) is 5.92 Å². The highest BCUT2D eigenvalue weighted by atomic mass is 16.5. The molecule has 0 aliphatic carbocycles. The SMILES string of the molecule is COCCCN(C)c1nc(C)cc(C)c1CNCC(C)C. The molecule has 4 nitrogen and oxygen atoms in total. The number of methoxy groups -OCH3 is 1. The van der Waals surface area contributed by atoms with Crippen molar-refractivity contribution in [3.05, 3.63) is 22.9 Å². The second kappa shape index (κ2) is 9.00. The van der Waals surface area contributed by atoms with Gasteiger partial charge in [-0.1, -0.05) is 13.8 Å². The summed E-state index contributed by atoms with van der Waals surface area (Å²) in [6, 6.07) is 2.17. The third kappa shape index (κ3) is 6.02. The number of hydrogen-bond acceptors (Lipinski definition) is 4. The molecule has 4 heteroatoms. The number of nitrogens with one attached hydrogen (secondary N) is 1. The predicted molar refractivity (Wildman–Crippen MR) is 90.0 cm³/mol. The van der Waals surface area contributed by atoms with Gasteiger partial charge in [-0.2, -0.15) is 0 Å². The van der Waals surface area contributed by atoms with E-state index in [1.165, 1.54) is 11.1 Å². The number of nitrogens with zero attached hydrogens (tertiary/aromatic N) is 2. The maximum absolute atomic E-state index is 5.14. The molecule has 0 saturated carbocycles. The Kier molecular flexibility index (Phi) is 7.68. The Hall–Kier alpha value is -1.13. The van der Waals surface area contributed by atoms with Crippen LogP contribution in [0.25, 0.3) is 0 Å². The first kappa shape index (κ1) is 17.9. The summed E-state index contributed by atoms with van der Waals surface area (Å²) in [5.41, 5.74) is 3.70. The van der Waals surface area contributed by atoms with Crippen LogP contribution in [0.15, 0.2) is 6.07 Å². The van der Waals surface area contributed by atoms with Crippen molar-refractivity contribution in [2.24, 2.45) is 5.92 Å². The van der Waals surface area contributed by atoms with E-state index in [1.807, 2.05) is 0 Å². The van der Waals surface area contributed by atoms with Gasteiger partial charge in [0, 0.05) is 45.1 Å². The molecule has 0 saturated heterocycles. The number of ether oxygens (including phenoxy) is 1. The summed E-state index contributed by atoms with van der Waals surface area (Å²) in [7, 11) is 3.86. The van der Waals surface area contributed by atoms with Gasteiger partial charge in [-0.25, -0.2) is 4.98 Å². The normalized spacial score (nSPS) is 11.2. The molecule has 0 bridgehead atoms. The van der Waals surface area contributed by atoms with Gasteiger partial charge in [0.2, 0.25) is 0 Å². The van der Waals surface area contributed by atoms with Crippen molar-refractivity contribution < 1.29 is 4.74 Å². The van der Waals surface area contributed by atoms with Crippen molar-refractivity contribution in [2.75, 3.05) is 38.8 Å². The average Bonchev–Trinajstić information content (AvgIpc) is 2.40. The number of pyridine rings is 1. The predicted octanol–water partition coefficient (Wildman–Crippen LogP) is 2.92. The minimum atomic E-state index is 0.659. The van der Waals surface area contributed by atoms with Crippen LogP contribution in [0.5, 0.6) is 0 Å². The molecule has 0 radical (unpaired) electrons. The molecular weight excluding hydrogens is 262 g/mol. The second-order valence-corrected chi connectivity index (χ2v) is 6.18. The van der Waals surface area contributed by atoms with Gasteiger partial charge in [-0.15, -0.1) is 0 Å². The number of aromatic nitrogens is 1. The van der Waals surface area contributed by atoms with E-state index in [4.69, 9.17) is 9.72 Å². The number of anilines is 1. The number of aryl methyl sites for hydroxylation is 2. The smallest absolute Gasteiger partial charge is 0.133 e. The third-order valence-corrected chi connectivity index (χ3v) is 3.51. The lowest BCUT2D eigenvalue weighted by Crippen LogP contribution is -2.26. The molecule has 1 N–H and O–H groups in total. The van der Waals surface area contributed by atoms with E-state index in [2.05, 4.69) is 51.0 Å². The first-order valence-electron chi connectivity index (χ1n) is 7.83. The lowest BCUT2D eigenvalue weighted by Gasteiger charge is -2.23. The van der Waals surface area contributed by atoms with Crippen LogP contribution in [0.2, 0.25) is 0 Å². The fraction of sp³-hybridized carbons (Fsp3) is 0.706. The van der Waals surface area contributed by atoms with E-state index in [0.717, 1.165) is 44.2 Å². The Labute approximate surface area is 129 Å². The van der Waals surface area contributed by atoms with Crippen LogP contribution >= 0.6 is 0 Å². The Morgan fingerprint density at radius 3 is 2.67 bits per heavy atom. The molecular formula is C17H31N3O. The lowest BCUT2D eigenvalue weighted by molar-refractivity contribution is 0.196. The number of hydrogen-bond donors (Lipinski definition) is 1. The second-order valence-electron chi connectivity index (χ2n) is 6.18. The summed E-state index contributed by atoms with van der Waals surface area (Å²) in [5, 5.41) is 3.53. The fourth-order valence-corrected chi connectivity index (χ4v) is 2.42. The third-order valence-electron chi connectivity index (χ3n) is 3.51. The highest BCUT2D eigenvalue weighted by molar-refractivity contribution is 5.51. The molecule has 0 atom stereocenters. The minimum absolute atomic E-state index is 0.659. The van der Waals surface area contributed by atoms with E-state index < -0.39 is 0 Å². The van der Waals surface area contributed by atoms with Crippen molar-refractivity contribution in [1.82, 2.24) is 10.3 Å². The molecule has 0 aliphatic rings. The zero-order valence-electron chi connectivity index (χ0n) is 14.5. The van der Waals surface area contributed by atoms with E-state index in [1.54, 1.807) is 7.11 Å². The largest absolute Gasteiger partial charge is 0.385 e. The molecule has 0 aromatic carbocycles. The first-order chi connectivity index (χ1) is 9.95. The fourth-order valence-electron chi connectivity index (χ4n) is 2.42. The molecule has 21 heavy (non-hydrogen) atoms. The Morgan fingerprint density at radius 2 is 2.05 bits per heavy atom. The molecule has 1 aromatic heterocycles. The van der Waals surface area contributed by atoms with Crippen molar-refractivity contribution in [3.63, 3.8) is 0 Å². The van der Waals surface area contributed by atoms with E-state index in [-0.39, 0.29) is 0 Å². The molecule has 0 spiro atoms. The van der Waals surface area contributed by atoms with Crippen LogP contribution in [0, 0.1) is 19.8 Å². The van der Waals surface area contributed by atoms with Gasteiger partial charge in [0.1, 0.15) is 5.82 Å². The van der Waals surface area contributed by atoms with Crippen molar-refractivity contribution in [2.45, 2.75) is 40.7 Å². The van der Waals surface area contributed by atoms with Crippen LogP contribution in [-0.4, -0.2) is 38.8 Å². The minimum Gasteiger partial charge on any atom is -0.385 e. The Balaban J connectivity index is 2.83. The average molecular weight is 293 g/mol. The van der Waals surface area contributed by atoms with Crippen LogP contribution < -0.4 is 10.2 Å². The van der Waals surface area contributed by atoms with Crippen molar-refractivity contribution in [1.29, 1.82) is 0 Å². The van der Waals surface area contributed by atoms with Gasteiger partial charge in [0.25, 0.3) is 0 Å². The summed E-state index contributed by atoms with van der Waals surface area (Å²) in [4.78, 5) is 7.00. The van der Waals surface area contributed by atoms with Gasteiger partial charge in [0.05, 0.1) is 0 Å². The van der Waals surface area contributed by atoms with Crippen LogP contribution in [0.4, 0.5) is 5.82 Å². The van der Waals surface area contributed by atoms with E-state index >= 15 is 0 Å². The van der Waals surface area contributed by atoms with Gasteiger partial charge >= 0.3 is 0 Å². The number of rotatable bonds is 9.